The summed E-state index contributed by atoms with van der Waals surface area (Å²) in [5, 5.41) is 7.68. The Balaban J connectivity index is 1.68. The highest BCUT2D eigenvalue weighted by Gasteiger charge is 2.35. The standard InChI is InChI=1S/C23H28FN3O3S/c1-3-15(2)25-22(29)20(26-21(28)19-9-6-14-31-19)16-10-12-27(13-11-16)23(30)17-7-4-5-8-18(17)24/h4-9,14-16,20H,3,10-13H2,1-2H3,(H,25,29)(H,26,28)/t15-,20+/m1/s1. The van der Waals surface area contributed by atoms with Crippen molar-refractivity contribution in [2.24, 2.45) is 5.92 Å². The molecule has 1 aromatic heterocycles. The lowest BCUT2D eigenvalue weighted by atomic mass is 9.88. The number of carbonyl (C=O) groups is 3. The van der Waals surface area contributed by atoms with Gasteiger partial charge in [-0.3, -0.25) is 14.4 Å². The van der Waals surface area contributed by atoms with E-state index >= 15 is 0 Å². The molecule has 0 bridgehead atoms. The van der Waals surface area contributed by atoms with Gasteiger partial charge in [-0.1, -0.05) is 25.1 Å². The summed E-state index contributed by atoms with van der Waals surface area (Å²) in [6.45, 7) is 4.71. The average Bonchev–Trinajstić information content (AvgIpc) is 3.32. The Labute approximate surface area is 185 Å². The normalized spacial score (nSPS) is 16.4. The quantitative estimate of drug-likeness (QED) is 0.685. The van der Waals surface area contributed by atoms with Crippen molar-refractivity contribution in [2.75, 3.05) is 13.1 Å². The molecule has 3 rings (SSSR count). The predicted molar refractivity (Wildman–Crippen MR) is 118 cm³/mol. The van der Waals surface area contributed by atoms with E-state index in [0.717, 1.165) is 6.42 Å². The molecule has 0 saturated carbocycles. The third-order valence-electron chi connectivity index (χ3n) is 5.72. The number of hydrogen-bond acceptors (Lipinski definition) is 4. The van der Waals surface area contributed by atoms with Crippen LogP contribution >= 0.6 is 11.3 Å². The van der Waals surface area contributed by atoms with Crippen LogP contribution in [-0.2, 0) is 4.79 Å². The van der Waals surface area contributed by atoms with Gasteiger partial charge in [0.25, 0.3) is 11.8 Å². The number of carbonyl (C=O) groups excluding carboxylic acids is 3. The van der Waals surface area contributed by atoms with E-state index < -0.39 is 11.9 Å². The molecular weight excluding hydrogens is 417 g/mol. The smallest absolute Gasteiger partial charge is 0.262 e. The van der Waals surface area contributed by atoms with Gasteiger partial charge in [0, 0.05) is 19.1 Å². The molecule has 2 atom stereocenters. The highest BCUT2D eigenvalue weighted by molar-refractivity contribution is 7.12. The van der Waals surface area contributed by atoms with Gasteiger partial charge in [0.1, 0.15) is 11.9 Å². The molecular formula is C23H28FN3O3S. The van der Waals surface area contributed by atoms with Gasteiger partial charge in [-0.15, -0.1) is 11.3 Å². The fourth-order valence-corrected chi connectivity index (χ4v) is 4.32. The summed E-state index contributed by atoms with van der Waals surface area (Å²) in [6.07, 6.45) is 1.87. The number of nitrogens with one attached hydrogen (secondary N) is 2. The SMILES string of the molecule is CC[C@@H](C)NC(=O)[C@@H](NC(=O)c1cccs1)C1CCN(C(=O)c2ccccc2F)CC1. The summed E-state index contributed by atoms with van der Waals surface area (Å²) in [7, 11) is 0. The monoisotopic (exact) mass is 445 g/mol. The summed E-state index contributed by atoms with van der Waals surface area (Å²) in [6, 6.07) is 8.77. The van der Waals surface area contributed by atoms with E-state index in [4.69, 9.17) is 0 Å². The van der Waals surface area contributed by atoms with Gasteiger partial charge in [-0.2, -0.15) is 0 Å². The van der Waals surface area contributed by atoms with Crippen LogP contribution in [0.25, 0.3) is 0 Å². The van der Waals surface area contributed by atoms with Gasteiger partial charge in [0.05, 0.1) is 10.4 Å². The second kappa shape index (κ2) is 10.5. The van der Waals surface area contributed by atoms with Gasteiger partial charge in [-0.05, 0) is 55.7 Å². The lowest BCUT2D eigenvalue weighted by Gasteiger charge is -2.36. The van der Waals surface area contributed by atoms with E-state index in [1.807, 2.05) is 19.2 Å². The molecule has 166 valence electrons. The van der Waals surface area contributed by atoms with Crippen LogP contribution in [0.5, 0.6) is 0 Å². The molecule has 31 heavy (non-hydrogen) atoms. The maximum atomic E-state index is 14.0. The summed E-state index contributed by atoms with van der Waals surface area (Å²) < 4.78 is 14.0. The van der Waals surface area contributed by atoms with Crippen molar-refractivity contribution in [3.63, 3.8) is 0 Å². The fraction of sp³-hybridized carbons (Fsp3) is 0.435. The van der Waals surface area contributed by atoms with Crippen LogP contribution in [0.4, 0.5) is 4.39 Å². The Morgan fingerprint density at radius 2 is 1.84 bits per heavy atom. The molecule has 1 aliphatic heterocycles. The highest BCUT2D eigenvalue weighted by Crippen LogP contribution is 2.24. The van der Waals surface area contributed by atoms with Gasteiger partial charge in [0.15, 0.2) is 0 Å². The molecule has 0 aliphatic carbocycles. The van der Waals surface area contributed by atoms with Crippen molar-refractivity contribution in [1.82, 2.24) is 15.5 Å². The molecule has 2 aromatic rings. The van der Waals surface area contributed by atoms with E-state index in [9.17, 15) is 18.8 Å². The van der Waals surface area contributed by atoms with Crippen molar-refractivity contribution < 1.29 is 18.8 Å². The van der Waals surface area contributed by atoms with Crippen molar-refractivity contribution in [2.45, 2.75) is 45.2 Å². The molecule has 1 aliphatic rings. The molecule has 6 nitrogen and oxygen atoms in total. The number of benzene rings is 1. The van der Waals surface area contributed by atoms with Crippen LogP contribution in [0.15, 0.2) is 41.8 Å². The van der Waals surface area contributed by atoms with Gasteiger partial charge >= 0.3 is 0 Å². The maximum Gasteiger partial charge on any atom is 0.262 e. The first-order chi connectivity index (χ1) is 14.9. The molecule has 0 unspecified atom stereocenters. The zero-order valence-corrected chi connectivity index (χ0v) is 18.6. The Morgan fingerprint density at radius 3 is 2.45 bits per heavy atom. The van der Waals surface area contributed by atoms with Gasteiger partial charge < -0.3 is 15.5 Å². The Hall–Kier alpha value is -2.74. The first-order valence-electron chi connectivity index (χ1n) is 10.6. The van der Waals surface area contributed by atoms with Crippen molar-refractivity contribution in [1.29, 1.82) is 0 Å². The number of nitrogens with zero attached hydrogens (tertiary/aromatic N) is 1. The van der Waals surface area contributed by atoms with Crippen LogP contribution < -0.4 is 10.6 Å². The van der Waals surface area contributed by atoms with E-state index in [2.05, 4.69) is 10.6 Å². The lowest BCUT2D eigenvalue weighted by molar-refractivity contribution is -0.125. The zero-order valence-electron chi connectivity index (χ0n) is 17.8. The Morgan fingerprint density at radius 1 is 1.13 bits per heavy atom. The lowest BCUT2D eigenvalue weighted by Crippen LogP contribution is -2.55. The summed E-state index contributed by atoms with van der Waals surface area (Å²) in [4.78, 5) is 40.4. The predicted octanol–water partition coefficient (Wildman–Crippen LogP) is 3.45. The molecule has 2 heterocycles. The second-order valence-corrected chi connectivity index (χ2v) is 8.80. The third kappa shape index (κ3) is 5.70. The molecule has 3 amide bonds. The maximum absolute atomic E-state index is 14.0. The zero-order chi connectivity index (χ0) is 22.4. The molecule has 0 radical (unpaired) electrons. The summed E-state index contributed by atoms with van der Waals surface area (Å²) in [5.74, 6) is -1.48. The van der Waals surface area contributed by atoms with Gasteiger partial charge in [0.2, 0.25) is 5.91 Å². The highest BCUT2D eigenvalue weighted by atomic mass is 32.1. The number of piperidine rings is 1. The fourth-order valence-electron chi connectivity index (χ4n) is 3.69. The summed E-state index contributed by atoms with van der Waals surface area (Å²) in [5.41, 5.74) is 0.0537. The van der Waals surface area contributed by atoms with Crippen LogP contribution in [0.3, 0.4) is 0 Å². The second-order valence-electron chi connectivity index (χ2n) is 7.86. The Bertz CT molecular complexity index is 911. The first-order valence-corrected chi connectivity index (χ1v) is 11.5. The number of hydrogen-bond donors (Lipinski definition) is 2. The number of likely N-dealkylation sites (tertiary alicyclic amines) is 1. The Kier molecular flexibility index (Phi) is 7.79. The molecule has 2 N–H and O–H groups in total. The molecule has 8 heteroatoms. The van der Waals surface area contributed by atoms with Crippen molar-refractivity contribution >= 4 is 29.1 Å². The minimum Gasteiger partial charge on any atom is -0.352 e. The topological polar surface area (TPSA) is 78.5 Å². The van der Waals surface area contributed by atoms with E-state index in [0.29, 0.717) is 30.8 Å². The van der Waals surface area contributed by atoms with Crippen molar-refractivity contribution in [3.05, 3.63) is 58.0 Å². The molecule has 1 aromatic carbocycles. The largest absolute Gasteiger partial charge is 0.352 e. The number of thiophene rings is 1. The van der Waals surface area contributed by atoms with E-state index in [1.165, 1.54) is 23.5 Å². The van der Waals surface area contributed by atoms with Crippen LogP contribution in [0, 0.1) is 11.7 Å². The van der Waals surface area contributed by atoms with Crippen LogP contribution in [-0.4, -0.2) is 47.8 Å². The minimum atomic E-state index is -0.686. The van der Waals surface area contributed by atoms with E-state index in [-0.39, 0.29) is 35.2 Å². The van der Waals surface area contributed by atoms with Crippen LogP contribution in [0.2, 0.25) is 0 Å². The summed E-state index contributed by atoms with van der Waals surface area (Å²) >= 11 is 1.32. The average molecular weight is 446 g/mol. The van der Waals surface area contributed by atoms with Gasteiger partial charge in [-0.25, -0.2) is 4.39 Å². The molecule has 1 saturated heterocycles. The van der Waals surface area contributed by atoms with Crippen LogP contribution in [0.1, 0.15) is 53.1 Å². The van der Waals surface area contributed by atoms with E-state index in [1.54, 1.807) is 29.2 Å². The molecule has 1 fully saturated rings. The third-order valence-corrected chi connectivity index (χ3v) is 6.59. The molecule has 0 spiro atoms. The van der Waals surface area contributed by atoms with Crippen molar-refractivity contribution in [3.8, 4) is 0 Å². The number of rotatable bonds is 7. The number of amides is 3. The minimum absolute atomic E-state index is 0.00337. The first kappa shape index (κ1) is 22.9. The number of halogens is 1.